The molecule has 2 aromatic carbocycles. The van der Waals surface area contributed by atoms with Crippen molar-refractivity contribution in [1.82, 2.24) is 0 Å². The van der Waals surface area contributed by atoms with Crippen molar-refractivity contribution in [2.75, 3.05) is 0 Å². The molecule has 0 aromatic heterocycles. The molecule has 0 amide bonds. The van der Waals surface area contributed by atoms with Gasteiger partial charge in [0.25, 0.3) is 0 Å². The zero-order valence-corrected chi connectivity index (χ0v) is 11.6. The summed E-state index contributed by atoms with van der Waals surface area (Å²) in [6.45, 7) is 1.94. The predicted molar refractivity (Wildman–Crippen MR) is 74.7 cm³/mol. The Labute approximate surface area is 118 Å². The standard InChI is InChI=1S/C15H13FO3S/c1-10-2-4-11(5-3-10)9-20(19)14-8-12(15(17)18)6-7-13(14)16/h2-8H,9H2,1H3,(H,17,18). The van der Waals surface area contributed by atoms with E-state index in [1.807, 2.05) is 31.2 Å². The van der Waals surface area contributed by atoms with Crippen molar-refractivity contribution in [1.29, 1.82) is 0 Å². The Morgan fingerprint density at radius 2 is 1.85 bits per heavy atom. The monoisotopic (exact) mass is 292 g/mol. The Bertz CT molecular complexity index is 665. The van der Waals surface area contributed by atoms with Crippen LogP contribution in [0, 0.1) is 12.7 Å². The quantitative estimate of drug-likeness (QED) is 0.942. The number of carboxylic acid groups (broad SMARTS) is 1. The average Bonchev–Trinajstić information content (AvgIpc) is 2.41. The number of aromatic carboxylic acids is 1. The van der Waals surface area contributed by atoms with Gasteiger partial charge >= 0.3 is 5.97 Å². The van der Waals surface area contributed by atoms with Crippen molar-refractivity contribution in [3.63, 3.8) is 0 Å². The molecule has 0 bridgehead atoms. The molecule has 1 atom stereocenters. The summed E-state index contributed by atoms with van der Waals surface area (Å²) < 4.78 is 25.8. The van der Waals surface area contributed by atoms with Crippen LogP contribution in [0.1, 0.15) is 21.5 Å². The molecule has 1 N–H and O–H groups in total. The number of benzene rings is 2. The minimum atomic E-state index is -1.62. The fourth-order valence-electron chi connectivity index (χ4n) is 1.72. The molecule has 1 unspecified atom stereocenters. The lowest BCUT2D eigenvalue weighted by molar-refractivity contribution is 0.0696. The second-order valence-electron chi connectivity index (χ2n) is 4.43. The van der Waals surface area contributed by atoms with Crippen molar-refractivity contribution in [3.8, 4) is 0 Å². The largest absolute Gasteiger partial charge is 0.478 e. The Balaban J connectivity index is 2.26. The van der Waals surface area contributed by atoms with Gasteiger partial charge in [-0.05, 0) is 30.7 Å². The van der Waals surface area contributed by atoms with Crippen molar-refractivity contribution < 1.29 is 18.5 Å². The zero-order valence-electron chi connectivity index (χ0n) is 10.8. The minimum Gasteiger partial charge on any atom is -0.478 e. The molecule has 5 heteroatoms. The first-order valence-corrected chi connectivity index (χ1v) is 7.26. The summed E-state index contributed by atoms with van der Waals surface area (Å²) in [5.74, 6) is -1.67. The van der Waals surface area contributed by atoms with Gasteiger partial charge in [0.15, 0.2) is 0 Å². The summed E-state index contributed by atoms with van der Waals surface area (Å²) in [5, 5.41) is 8.88. The number of halogens is 1. The van der Waals surface area contributed by atoms with Crippen LogP contribution in [0.3, 0.4) is 0 Å². The van der Waals surface area contributed by atoms with Crippen LogP contribution in [0.2, 0.25) is 0 Å². The number of carbonyl (C=O) groups is 1. The van der Waals surface area contributed by atoms with Gasteiger partial charge in [0.05, 0.1) is 27.0 Å². The van der Waals surface area contributed by atoms with Crippen LogP contribution in [-0.4, -0.2) is 15.3 Å². The molecule has 0 aliphatic heterocycles. The van der Waals surface area contributed by atoms with Gasteiger partial charge < -0.3 is 5.11 Å². The summed E-state index contributed by atoms with van der Waals surface area (Å²) in [6, 6.07) is 10.7. The molecule has 0 aliphatic carbocycles. The van der Waals surface area contributed by atoms with Crippen molar-refractivity contribution >= 4 is 16.8 Å². The molecular weight excluding hydrogens is 279 g/mol. The molecule has 0 saturated heterocycles. The number of rotatable bonds is 4. The van der Waals surface area contributed by atoms with Gasteiger partial charge in [0.2, 0.25) is 0 Å². The van der Waals surface area contributed by atoms with E-state index < -0.39 is 22.6 Å². The third-order valence-corrected chi connectivity index (χ3v) is 4.24. The molecule has 104 valence electrons. The fraction of sp³-hybridized carbons (Fsp3) is 0.133. The Morgan fingerprint density at radius 3 is 2.45 bits per heavy atom. The summed E-state index contributed by atoms with van der Waals surface area (Å²) in [5.41, 5.74) is 1.83. The van der Waals surface area contributed by atoms with E-state index in [-0.39, 0.29) is 16.2 Å². The number of carboxylic acids is 1. The van der Waals surface area contributed by atoms with Crippen LogP contribution in [0.4, 0.5) is 4.39 Å². The lowest BCUT2D eigenvalue weighted by Gasteiger charge is -2.06. The number of aryl methyl sites for hydroxylation is 1. The Kier molecular flexibility index (Phi) is 4.29. The maximum atomic E-state index is 13.7. The highest BCUT2D eigenvalue weighted by Gasteiger charge is 2.14. The topological polar surface area (TPSA) is 54.4 Å². The highest BCUT2D eigenvalue weighted by molar-refractivity contribution is 7.84. The van der Waals surface area contributed by atoms with E-state index >= 15 is 0 Å². The van der Waals surface area contributed by atoms with Gasteiger partial charge in [-0.2, -0.15) is 0 Å². The van der Waals surface area contributed by atoms with Crippen LogP contribution in [0.15, 0.2) is 47.4 Å². The molecular formula is C15H13FO3S. The molecule has 0 heterocycles. The Hall–Kier alpha value is -2.01. The first kappa shape index (κ1) is 14.4. The van der Waals surface area contributed by atoms with E-state index in [1.165, 1.54) is 0 Å². The first-order chi connectivity index (χ1) is 9.47. The van der Waals surface area contributed by atoms with E-state index in [1.54, 1.807) is 0 Å². The maximum Gasteiger partial charge on any atom is 0.335 e. The third kappa shape index (κ3) is 3.30. The minimum absolute atomic E-state index is 0.0707. The molecule has 0 aliphatic rings. The summed E-state index contributed by atoms with van der Waals surface area (Å²) >= 11 is 0. The smallest absolute Gasteiger partial charge is 0.335 e. The second kappa shape index (κ2) is 5.96. The summed E-state index contributed by atoms with van der Waals surface area (Å²) in [6.07, 6.45) is 0. The van der Waals surface area contributed by atoms with Gasteiger partial charge in [0, 0.05) is 0 Å². The average molecular weight is 292 g/mol. The van der Waals surface area contributed by atoms with Gasteiger partial charge in [-0.15, -0.1) is 0 Å². The lowest BCUT2D eigenvalue weighted by atomic mass is 10.2. The highest BCUT2D eigenvalue weighted by Crippen LogP contribution is 2.18. The van der Waals surface area contributed by atoms with Crippen LogP contribution < -0.4 is 0 Å². The van der Waals surface area contributed by atoms with Gasteiger partial charge in [0.1, 0.15) is 5.82 Å². The van der Waals surface area contributed by atoms with E-state index in [4.69, 9.17) is 5.11 Å². The molecule has 2 rings (SSSR count). The summed E-state index contributed by atoms with van der Waals surface area (Å²) in [4.78, 5) is 10.8. The molecule has 0 spiro atoms. The van der Waals surface area contributed by atoms with Crippen LogP contribution in [-0.2, 0) is 16.6 Å². The van der Waals surface area contributed by atoms with E-state index in [0.717, 1.165) is 29.3 Å². The maximum absolute atomic E-state index is 13.7. The molecule has 20 heavy (non-hydrogen) atoms. The number of hydrogen-bond acceptors (Lipinski definition) is 2. The lowest BCUT2D eigenvalue weighted by Crippen LogP contribution is -2.03. The number of hydrogen-bond donors (Lipinski definition) is 1. The van der Waals surface area contributed by atoms with Gasteiger partial charge in [-0.3, -0.25) is 4.21 Å². The molecule has 0 radical (unpaired) electrons. The van der Waals surface area contributed by atoms with Gasteiger partial charge in [-0.1, -0.05) is 29.8 Å². The molecule has 2 aromatic rings. The summed E-state index contributed by atoms with van der Waals surface area (Å²) in [7, 11) is -1.62. The Morgan fingerprint density at radius 1 is 1.20 bits per heavy atom. The van der Waals surface area contributed by atoms with Crippen molar-refractivity contribution in [3.05, 3.63) is 65.0 Å². The second-order valence-corrected chi connectivity index (χ2v) is 5.85. The van der Waals surface area contributed by atoms with E-state index in [2.05, 4.69) is 0 Å². The molecule has 0 fully saturated rings. The first-order valence-electron chi connectivity index (χ1n) is 5.94. The van der Waals surface area contributed by atoms with Gasteiger partial charge in [-0.25, -0.2) is 9.18 Å². The fourth-order valence-corrected chi connectivity index (χ4v) is 2.92. The van der Waals surface area contributed by atoms with Crippen LogP contribution in [0.25, 0.3) is 0 Å². The molecule has 3 nitrogen and oxygen atoms in total. The normalized spacial score (nSPS) is 12.1. The van der Waals surface area contributed by atoms with Crippen molar-refractivity contribution in [2.24, 2.45) is 0 Å². The van der Waals surface area contributed by atoms with Crippen LogP contribution >= 0.6 is 0 Å². The highest BCUT2D eigenvalue weighted by atomic mass is 32.2. The van der Waals surface area contributed by atoms with E-state index in [0.29, 0.717) is 0 Å². The van der Waals surface area contributed by atoms with Crippen LogP contribution in [0.5, 0.6) is 0 Å². The molecule has 0 saturated carbocycles. The van der Waals surface area contributed by atoms with E-state index in [9.17, 15) is 13.4 Å². The van der Waals surface area contributed by atoms with Crippen molar-refractivity contribution in [2.45, 2.75) is 17.6 Å². The SMILES string of the molecule is Cc1ccc(CS(=O)c2cc(C(=O)O)ccc2F)cc1. The predicted octanol–water partition coefficient (Wildman–Crippen LogP) is 3.14. The third-order valence-electron chi connectivity index (χ3n) is 2.84. The zero-order chi connectivity index (χ0) is 14.7.